The Morgan fingerprint density at radius 3 is 2.30 bits per heavy atom. The molecule has 0 saturated carbocycles. The van der Waals surface area contributed by atoms with E-state index in [0.717, 1.165) is 23.8 Å². The third-order valence-electron chi connectivity index (χ3n) is 6.46. The predicted molar refractivity (Wildman–Crippen MR) is 151 cm³/mol. The lowest BCUT2D eigenvalue weighted by Crippen LogP contribution is -2.51. The summed E-state index contributed by atoms with van der Waals surface area (Å²) in [4.78, 5) is 28.2. The van der Waals surface area contributed by atoms with Gasteiger partial charge in [-0.25, -0.2) is 8.42 Å². The Morgan fingerprint density at radius 2 is 1.70 bits per heavy atom. The van der Waals surface area contributed by atoms with Crippen molar-refractivity contribution in [2.75, 3.05) is 23.7 Å². The first-order valence-electron chi connectivity index (χ1n) is 12.9. The summed E-state index contributed by atoms with van der Waals surface area (Å²) in [5.41, 5.74) is 2.36. The number of benzene rings is 2. The van der Waals surface area contributed by atoms with Crippen molar-refractivity contribution in [2.45, 2.75) is 71.9 Å². The zero-order valence-electron chi connectivity index (χ0n) is 22.5. The van der Waals surface area contributed by atoms with Gasteiger partial charge in [0.05, 0.1) is 11.9 Å². The van der Waals surface area contributed by atoms with Crippen molar-refractivity contribution >= 4 is 39.1 Å². The van der Waals surface area contributed by atoms with Crippen LogP contribution in [0.1, 0.15) is 57.6 Å². The Morgan fingerprint density at radius 1 is 1.03 bits per heavy atom. The molecule has 0 aliphatic carbocycles. The number of nitrogens with one attached hydrogen (secondary N) is 1. The number of anilines is 1. The average Bonchev–Trinajstić information content (AvgIpc) is 2.85. The van der Waals surface area contributed by atoms with Crippen LogP contribution in [-0.4, -0.2) is 56.6 Å². The first-order chi connectivity index (χ1) is 17.5. The summed E-state index contributed by atoms with van der Waals surface area (Å²) >= 11 is 6.13. The summed E-state index contributed by atoms with van der Waals surface area (Å²) in [6, 6.07) is 14.4. The molecule has 0 bridgehead atoms. The lowest BCUT2D eigenvalue weighted by atomic mass is 10.1. The molecule has 2 atom stereocenters. The molecule has 2 aromatic carbocycles. The minimum Gasteiger partial charge on any atom is -0.352 e. The third-order valence-corrected chi connectivity index (χ3v) is 7.88. The van der Waals surface area contributed by atoms with E-state index in [1.165, 1.54) is 4.31 Å². The van der Waals surface area contributed by atoms with Crippen LogP contribution in [0.15, 0.2) is 48.5 Å². The Hall–Kier alpha value is -2.58. The van der Waals surface area contributed by atoms with Crippen LogP contribution < -0.4 is 9.62 Å². The van der Waals surface area contributed by atoms with E-state index < -0.39 is 16.1 Å². The van der Waals surface area contributed by atoms with E-state index in [1.807, 2.05) is 58.0 Å². The van der Waals surface area contributed by atoms with Gasteiger partial charge in [-0.2, -0.15) is 0 Å². The van der Waals surface area contributed by atoms with Crippen molar-refractivity contribution in [3.63, 3.8) is 0 Å². The van der Waals surface area contributed by atoms with E-state index >= 15 is 0 Å². The number of hydrogen-bond donors (Lipinski definition) is 1. The van der Waals surface area contributed by atoms with Gasteiger partial charge in [-0.1, -0.05) is 61.8 Å². The van der Waals surface area contributed by atoms with Crippen molar-refractivity contribution in [3.8, 4) is 0 Å². The van der Waals surface area contributed by atoms with E-state index in [-0.39, 0.29) is 30.8 Å². The molecule has 1 N–H and O–H groups in total. The smallest absolute Gasteiger partial charge is 0.243 e. The Kier molecular flexibility index (Phi) is 11.9. The Balaban J connectivity index is 2.20. The third kappa shape index (κ3) is 9.34. The van der Waals surface area contributed by atoms with Gasteiger partial charge in [-0.05, 0) is 62.8 Å². The van der Waals surface area contributed by atoms with Gasteiger partial charge in [0.1, 0.15) is 6.04 Å². The second-order valence-electron chi connectivity index (χ2n) is 9.43. The van der Waals surface area contributed by atoms with Crippen LogP contribution in [0, 0.1) is 6.92 Å². The van der Waals surface area contributed by atoms with Crippen molar-refractivity contribution in [3.05, 3.63) is 64.7 Å². The highest BCUT2D eigenvalue weighted by molar-refractivity contribution is 7.92. The first kappa shape index (κ1) is 30.6. The molecule has 2 aromatic rings. The second-order valence-corrected chi connectivity index (χ2v) is 11.8. The van der Waals surface area contributed by atoms with Gasteiger partial charge in [0.15, 0.2) is 0 Å². The van der Waals surface area contributed by atoms with E-state index in [4.69, 9.17) is 11.6 Å². The van der Waals surface area contributed by atoms with Gasteiger partial charge in [0, 0.05) is 30.6 Å². The first-order valence-corrected chi connectivity index (χ1v) is 15.1. The highest BCUT2D eigenvalue weighted by Gasteiger charge is 2.29. The van der Waals surface area contributed by atoms with Crippen LogP contribution in [0.3, 0.4) is 0 Å². The molecule has 0 saturated heterocycles. The van der Waals surface area contributed by atoms with Crippen LogP contribution in [-0.2, 0) is 26.0 Å². The minimum atomic E-state index is -3.59. The van der Waals surface area contributed by atoms with Gasteiger partial charge >= 0.3 is 0 Å². The summed E-state index contributed by atoms with van der Waals surface area (Å²) in [6.45, 7) is 8.20. The van der Waals surface area contributed by atoms with Crippen molar-refractivity contribution in [2.24, 2.45) is 0 Å². The van der Waals surface area contributed by atoms with Crippen molar-refractivity contribution in [1.29, 1.82) is 0 Å². The summed E-state index contributed by atoms with van der Waals surface area (Å²) in [5.74, 6) is -0.330. The lowest BCUT2D eigenvalue weighted by Gasteiger charge is -2.32. The van der Waals surface area contributed by atoms with Crippen LogP contribution >= 0.6 is 11.6 Å². The van der Waals surface area contributed by atoms with Gasteiger partial charge < -0.3 is 10.2 Å². The van der Waals surface area contributed by atoms with Crippen LogP contribution in [0.5, 0.6) is 0 Å². The number of aryl methyl sites for hydroxylation is 1. The molecule has 0 spiro atoms. The zero-order valence-corrected chi connectivity index (χ0v) is 24.1. The lowest BCUT2D eigenvalue weighted by molar-refractivity contribution is -0.141. The Bertz CT molecular complexity index is 1140. The predicted octanol–water partition coefficient (Wildman–Crippen LogP) is 4.96. The van der Waals surface area contributed by atoms with Gasteiger partial charge in [0.2, 0.25) is 21.8 Å². The monoisotopic (exact) mass is 549 g/mol. The number of hydrogen-bond acceptors (Lipinski definition) is 4. The van der Waals surface area contributed by atoms with E-state index in [1.54, 1.807) is 23.1 Å². The highest BCUT2D eigenvalue weighted by Crippen LogP contribution is 2.27. The molecule has 0 aliphatic heterocycles. The molecule has 204 valence electrons. The van der Waals surface area contributed by atoms with Crippen LogP contribution in [0.4, 0.5) is 5.69 Å². The quantitative estimate of drug-likeness (QED) is 0.361. The standard InChI is InChI=1S/C28H40ClN3O4S/c1-6-22(4)30-28(34)25(7-2)31(19-17-23-12-9-8-10-13-23)27(33)14-11-18-32(37(5,35)36)26-20-24(29)16-15-21(26)3/h8-10,12-13,15-16,20,22,25H,6-7,11,14,17-19H2,1-5H3,(H,30,34). The number of amides is 2. The number of carbonyl (C=O) groups is 2. The molecular formula is C28H40ClN3O4S. The number of nitrogens with zero attached hydrogens (tertiary/aromatic N) is 2. The van der Waals surface area contributed by atoms with Gasteiger partial charge in [-0.15, -0.1) is 0 Å². The number of rotatable bonds is 14. The summed E-state index contributed by atoms with van der Waals surface area (Å²) in [5, 5.41) is 3.45. The molecule has 0 heterocycles. The molecular weight excluding hydrogens is 510 g/mol. The summed E-state index contributed by atoms with van der Waals surface area (Å²) in [7, 11) is -3.59. The maximum absolute atomic E-state index is 13.5. The van der Waals surface area contributed by atoms with Crippen molar-refractivity contribution in [1.82, 2.24) is 10.2 Å². The zero-order chi connectivity index (χ0) is 27.6. The molecule has 2 amide bonds. The van der Waals surface area contributed by atoms with Gasteiger partial charge in [-0.3, -0.25) is 13.9 Å². The number of sulfonamides is 1. The molecule has 7 nitrogen and oxygen atoms in total. The fourth-order valence-electron chi connectivity index (χ4n) is 4.17. The van der Waals surface area contributed by atoms with E-state index in [0.29, 0.717) is 36.5 Å². The minimum absolute atomic E-state index is 0.0110. The molecule has 0 fully saturated rings. The molecule has 0 aromatic heterocycles. The SMILES string of the molecule is CCC(C)NC(=O)C(CC)N(CCc1ccccc1)C(=O)CCCN(c1cc(Cl)ccc1C)S(C)(=O)=O. The molecule has 0 aliphatic rings. The molecule has 37 heavy (non-hydrogen) atoms. The normalized spacial score (nSPS) is 13.0. The maximum Gasteiger partial charge on any atom is 0.243 e. The highest BCUT2D eigenvalue weighted by atomic mass is 35.5. The average molecular weight is 550 g/mol. The molecule has 2 rings (SSSR count). The van der Waals surface area contributed by atoms with E-state index in [9.17, 15) is 18.0 Å². The van der Waals surface area contributed by atoms with Crippen LogP contribution in [0.2, 0.25) is 5.02 Å². The van der Waals surface area contributed by atoms with Crippen molar-refractivity contribution < 1.29 is 18.0 Å². The Labute approximate surface area is 227 Å². The topological polar surface area (TPSA) is 86.8 Å². The summed E-state index contributed by atoms with van der Waals surface area (Å²) in [6.07, 6.45) is 3.48. The fourth-order valence-corrected chi connectivity index (χ4v) is 5.35. The fraction of sp³-hybridized carbons (Fsp3) is 0.500. The van der Waals surface area contributed by atoms with Crippen LogP contribution in [0.25, 0.3) is 0 Å². The summed E-state index contributed by atoms with van der Waals surface area (Å²) < 4.78 is 26.4. The molecule has 9 heteroatoms. The number of carbonyl (C=O) groups excluding carboxylic acids is 2. The molecule has 2 unspecified atom stereocenters. The molecule has 0 radical (unpaired) electrons. The second kappa shape index (κ2) is 14.4. The van der Waals surface area contributed by atoms with Gasteiger partial charge in [0.25, 0.3) is 0 Å². The van der Waals surface area contributed by atoms with E-state index in [2.05, 4.69) is 5.32 Å². The maximum atomic E-state index is 13.5. The largest absolute Gasteiger partial charge is 0.352 e. The number of halogens is 1.